The first-order chi connectivity index (χ1) is 7.38. The van der Waals surface area contributed by atoms with Crippen LogP contribution in [0.15, 0.2) is 0 Å². The van der Waals surface area contributed by atoms with Crippen LogP contribution in [0.3, 0.4) is 0 Å². The van der Waals surface area contributed by atoms with Crippen molar-refractivity contribution in [2.45, 2.75) is 38.3 Å². The van der Waals surface area contributed by atoms with Crippen LogP contribution in [-0.4, -0.2) is 40.1 Å². The van der Waals surface area contributed by atoms with Gasteiger partial charge in [-0.15, -0.1) is 0 Å². The summed E-state index contributed by atoms with van der Waals surface area (Å²) in [5, 5.41) is 18.7. The van der Waals surface area contributed by atoms with Crippen molar-refractivity contribution in [2.75, 3.05) is 0 Å². The van der Waals surface area contributed by atoms with E-state index in [1.54, 1.807) is 6.92 Å². The number of carboxylic acids is 2. The number of carbonyl (C=O) groups excluding carboxylic acids is 1. The standard InChI is InChI=1S/C5H7NO3.C4H9NO2/c7-4-2-1-3(6-4)5(8)9;1-2-3(5)4(6)7/h3H,1-2H2,(H,6,7)(H,8,9);3H,2,5H2,1H3,(H,6,7). The van der Waals surface area contributed by atoms with E-state index in [1.807, 2.05) is 0 Å². The molecule has 7 heteroatoms. The molecule has 2 atom stereocenters. The molecule has 92 valence electrons. The van der Waals surface area contributed by atoms with E-state index in [4.69, 9.17) is 15.9 Å². The van der Waals surface area contributed by atoms with Crippen molar-refractivity contribution in [3.05, 3.63) is 0 Å². The third-order valence-electron chi connectivity index (χ3n) is 2.05. The van der Waals surface area contributed by atoms with E-state index in [9.17, 15) is 14.4 Å². The Morgan fingerprint density at radius 1 is 1.56 bits per heavy atom. The Labute approximate surface area is 92.6 Å². The molecule has 1 aliphatic rings. The molecule has 1 fully saturated rings. The molecule has 0 aromatic heterocycles. The highest BCUT2D eigenvalue weighted by Gasteiger charge is 2.26. The smallest absolute Gasteiger partial charge is 0.326 e. The van der Waals surface area contributed by atoms with Gasteiger partial charge in [0.2, 0.25) is 5.91 Å². The number of nitrogens with two attached hydrogens (primary N) is 1. The number of hydrogen-bond donors (Lipinski definition) is 4. The van der Waals surface area contributed by atoms with Gasteiger partial charge < -0.3 is 21.3 Å². The lowest BCUT2D eigenvalue weighted by atomic mass is 10.2. The van der Waals surface area contributed by atoms with Crippen molar-refractivity contribution in [1.29, 1.82) is 0 Å². The van der Waals surface area contributed by atoms with Gasteiger partial charge in [-0.1, -0.05) is 6.92 Å². The first-order valence-electron chi connectivity index (χ1n) is 4.89. The molecule has 16 heavy (non-hydrogen) atoms. The number of carboxylic acid groups (broad SMARTS) is 2. The summed E-state index contributed by atoms with van der Waals surface area (Å²) < 4.78 is 0. The predicted molar refractivity (Wildman–Crippen MR) is 54.7 cm³/mol. The molecule has 2 unspecified atom stereocenters. The average molecular weight is 232 g/mol. The lowest BCUT2D eigenvalue weighted by Crippen LogP contribution is -2.32. The molecule has 0 aromatic carbocycles. The normalized spacial score (nSPS) is 20.4. The molecule has 1 heterocycles. The van der Waals surface area contributed by atoms with Gasteiger partial charge in [0.25, 0.3) is 0 Å². The van der Waals surface area contributed by atoms with Crippen LogP contribution in [0.4, 0.5) is 0 Å². The van der Waals surface area contributed by atoms with Gasteiger partial charge >= 0.3 is 11.9 Å². The first-order valence-corrected chi connectivity index (χ1v) is 4.89. The van der Waals surface area contributed by atoms with Crippen LogP contribution in [0.1, 0.15) is 26.2 Å². The molecule has 0 bridgehead atoms. The fourth-order valence-corrected chi connectivity index (χ4v) is 0.974. The molecular weight excluding hydrogens is 216 g/mol. The highest BCUT2D eigenvalue weighted by molar-refractivity contribution is 5.87. The van der Waals surface area contributed by atoms with Gasteiger partial charge in [0.1, 0.15) is 12.1 Å². The van der Waals surface area contributed by atoms with Crippen LogP contribution in [0.5, 0.6) is 0 Å². The fourth-order valence-electron chi connectivity index (χ4n) is 0.974. The highest BCUT2D eigenvalue weighted by atomic mass is 16.4. The number of hydrogen-bond acceptors (Lipinski definition) is 4. The number of carbonyl (C=O) groups is 3. The van der Waals surface area contributed by atoms with Gasteiger partial charge in [0.05, 0.1) is 0 Å². The summed E-state index contributed by atoms with van der Waals surface area (Å²) in [6.45, 7) is 1.73. The Morgan fingerprint density at radius 3 is 2.25 bits per heavy atom. The van der Waals surface area contributed by atoms with Crippen molar-refractivity contribution in [3.8, 4) is 0 Å². The van der Waals surface area contributed by atoms with E-state index >= 15 is 0 Å². The van der Waals surface area contributed by atoms with Gasteiger partial charge in [0.15, 0.2) is 0 Å². The van der Waals surface area contributed by atoms with Crippen LogP contribution in [0.25, 0.3) is 0 Å². The molecule has 1 amide bonds. The quantitative estimate of drug-likeness (QED) is 0.502. The topological polar surface area (TPSA) is 130 Å². The second-order valence-electron chi connectivity index (χ2n) is 3.35. The molecule has 0 aliphatic carbocycles. The molecule has 0 spiro atoms. The van der Waals surface area contributed by atoms with Crippen LogP contribution in [-0.2, 0) is 14.4 Å². The summed E-state index contributed by atoms with van der Waals surface area (Å²) >= 11 is 0. The minimum Gasteiger partial charge on any atom is -0.480 e. The zero-order chi connectivity index (χ0) is 12.7. The monoisotopic (exact) mass is 232 g/mol. The van der Waals surface area contributed by atoms with E-state index < -0.39 is 24.0 Å². The number of amides is 1. The minimum atomic E-state index is -0.944. The third kappa shape index (κ3) is 5.30. The Morgan fingerprint density at radius 2 is 2.12 bits per heavy atom. The van der Waals surface area contributed by atoms with E-state index in [1.165, 1.54) is 0 Å². The molecule has 1 saturated heterocycles. The van der Waals surface area contributed by atoms with Crippen molar-refractivity contribution < 1.29 is 24.6 Å². The van der Waals surface area contributed by atoms with Crippen molar-refractivity contribution in [1.82, 2.24) is 5.32 Å². The zero-order valence-electron chi connectivity index (χ0n) is 8.97. The summed E-state index contributed by atoms with van der Waals surface area (Å²) in [4.78, 5) is 30.3. The van der Waals surface area contributed by atoms with Gasteiger partial charge in [-0.05, 0) is 12.8 Å². The summed E-state index contributed by atoms with van der Waals surface area (Å²) in [6.07, 6.45) is 1.26. The largest absolute Gasteiger partial charge is 0.480 e. The maximum absolute atomic E-state index is 10.4. The Bertz CT molecular complexity index is 279. The lowest BCUT2D eigenvalue weighted by molar-refractivity contribution is -0.140. The molecule has 7 nitrogen and oxygen atoms in total. The van der Waals surface area contributed by atoms with Gasteiger partial charge in [-0.25, -0.2) is 4.79 Å². The van der Waals surface area contributed by atoms with Gasteiger partial charge in [-0.3, -0.25) is 9.59 Å². The van der Waals surface area contributed by atoms with E-state index in [0.717, 1.165) is 0 Å². The average Bonchev–Trinajstić information content (AvgIpc) is 2.64. The molecule has 1 aliphatic heterocycles. The minimum absolute atomic E-state index is 0.164. The molecular formula is C9H16N2O5. The zero-order valence-corrected chi connectivity index (χ0v) is 8.97. The maximum atomic E-state index is 10.4. The Balaban J connectivity index is 0.000000293. The predicted octanol–water partition coefficient (Wildman–Crippen LogP) is -0.842. The van der Waals surface area contributed by atoms with E-state index in [2.05, 4.69) is 5.32 Å². The van der Waals surface area contributed by atoms with Crippen LogP contribution in [0.2, 0.25) is 0 Å². The van der Waals surface area contributed by atoms with Crippen molar-refractivity contribution >= 4 is 17.8 Å². The van der Waals surface area contributed by atoms with Crippen LogP contribution < -0.4 is 11.1 Å². The lowest BCUT2D eigenvalue weighted by Gasteiger charge is -1.99. The van der Waals surface area contributed by atoms with Crippen molar-refractivity contribution in [3.63, 3.8) is 0 Å². The summed E-state index contributed by atoms with van der Waals surface area (Å²) in [5.41, 5.74) is 5.02. The third-order valence-corrected chi connectivity index (χ3v) is 2.05. The summed E-state index contributed by atoms with van der Waals surface area (Å²) in [7, 11) is 0. The first kappa shape index (κ1) is 14.4. The number of aliphatic carboxylic acids is 2. The van der Waals surface area contributed by atoms with E-state index in [-0.39, 0.29) is 5.91 Å². The number of nitrogens with one attached hydrogen (secondary N) is 1. The van der Waals surface area contributed by atoms with Crippen molar-refractivity contribution in [2.24, 2.45) is 5.73 Å². The van der Waals surface area contributed by atoms with E-state index in [0.29, 0.717) is 19.3 Å². The van der Waals surface area contributed by atoms with Crippen LogP contribution in [0, 0.1) is 0 Å². The number of rotatable bonds is 3. The molecule has 1 rings (SSSR count). The second-order valence-corrected chi connectivity index (χ2v) is 3.35. The Hall–Kier alpha value is -1.63. The molecule has 0 radical (unpaired) electrons. The Kier molecular flexibility index (Phi) is 6.09. The van der Waals surface area contributed by atoms with Crippen LogP contribution >= 0.6 is 0 Å². The molecule has 0 saturated carbocycles. The SMILES string of the molecule is CCC(N)C(=O)O.O=C1CCC(C(=O)O)N1. The summed E-state index contributed by atoms with van der Waals surface area (Å²) in [5.74, 6) is -2.04. The highest BCUT2D eigenvalue weighted by Crippen LogP contribution is 2.05. The summed E-state index contributed by atoms with van der Waals surface area (Å²) in [6, 6.07) is -1.32. The van der Waals surface area contributed by atoms with Gasteiger partial charge in [0, 0.05) is 6.42 Å². The van der Waals surface area contributed by atoms with Gasteiger partial charge in [-0.2, -0.15) is 0 Å². The fraction of sp³-hybridized carbons (Fsp3) is 0.667. The molecule has 0 aromatic rings. The second kappa shape index (κ2) is 6.78. The molecule has 5 N–H and O–H groups in total. The maximum Gasteiger partial charge on any atom is 0.326 e.